The second kappa shape index (κ2) is 6.95. The smallest absolute Gasteiger partial charge is 0.398 e. The van der Waals surface area contributed by atoms with Crippen molar-refractivity contribution in [3.63, 3.8) is 0 Å². The molecule has 0 atom stereocenters. The number of alkyl halides is 3. The average molecular weight is 372 g/mol. The number of fused-ring (bicyclic) bond motifs is 1. The van der Waals surface area contributed by atoms with E-state index in [9.17, 15) is 18.0 Å². The fourth-order valence-electron chi connectivity index (χ4n) is 2.95. The van der Waals surface area contributed by atoms with Crippen molar-refractivity contribution in [3.8, 4) is 11.1 Å². The molecular weight excluding hydrogens is 353 g/mol. The minimum absolute atomic E-state index is 0.00373. The zero-order valence-corrected chi connectivity index (χ0v) is 14.9. The van der Waals surface area contributed by atoms with Crippen LogP contribution in [0.25, 0.3) is 21.9 Å². The number of hydrogen-bond donors (Lipinski definition) is 2. The van der Waals surface area contributed by atoms with E-state index in [1.54, 1.807) is 30.3 Å². The quantitative estimate of drug-likeness (QED) is 0.617. The van der Waals surface area contributed by atoms with Crippen molar-refractivity contribution >= 4 is 22.4 Å². The van der Waals surface area contributed by atoms with E-state index in [0.29, 0.717) is 22.2 Å². The molecule has 3 aromatic carbocycles. The molecule has 0 spiro atoms. The Bertz CT molecular complexity index is 993. The molecule has 1 amide bonds. The minimum Gasteiger partial charge on any atom is -0.398 e. The summed E-state index contributed by atoms with van der Waals surface area (Å²) in [4.78, 5) is 12.2. The maximum Gasteiger partial charge on any atom is 0.416 e. The predicted octanol–water partition coefficient (Wildman–Crippen LogP) is 5.25. The Balaban J connectivity index is 2.07. The number of rotatable bonds is 3. The lowest BCUT2D eigenvalue weighted by atomic mass is 9.95. The van der Waals surface area contributed by atoms with Crippen LogP contribution in [0.3, 0.4) is 0 Å². The van der Waals surface area contributed by atoms with E-state index in [-0.39, 0.29) is 11.9 Å². The molecule has 140 valence electrons. The fraction of sp³-hybridized carbons (Fsp3) is 0.190. The van der Waals surface area contributed by atoms with Crippen LogP contribution in [0.2, 0.25) is 0 Å². The van der Waals surface area contributed by atoms with E-state index in [0.717, 1.165) is 23.1 Å². The molecule has 0 radical (unpaired) electrons. The van der Waals surface area contributed by atoms with Gasteiger partial charge in [-0.25, -0.2) is 0 Å². The molecule has 3 N–H and O–H groups in total. The van der Waals surface area contributed by atoms with Gasteiger partial charge < -0.3 is 11.1 Å². The monoisotopic (exact) mass is 372 g/mol. The summed E-state index contributed by atoms with van der Waals surface area (Å²) in [5.74, 6) is -0.203. The summed E-state index contributed by atoms with van der Waals surface area (Å²) in [6.45, 7) is 3.74. The second-order valence-electron chi connectivity index (χ2n) is 6.67. The van der Waals surface area contributed by atoms with Crippen LogP contribution >= 0.6 is 0 Å². The molecule has 0 unspecified atom stereocenters. The molecule has 3 nitrogen and oxygen atoms in total. The van der Waals surface area contributed by atoms with Crippen molar-refractivity contribution in [1.82, 2.24) is 5.32 Å². The minimum atomic E-state index is -4.37. The molecule has 0 aliphatic rings. The first kappa shape index (κ1) is 18.8. The molecule has 27 heavy (non-hydrogen) atoms. The number of benzene rings is 3. The van der Waals surface area contributed by atoms with Crippen LogP contribution in [-0.2, 0) is 6.18 Å². The molecule has 3 aromatic rings. The van der Waals surface area contributed by atoms with Gasteiger partial charge in [-0.1, -0.05) is 24.3 Å². The number of nitrogens with two attached hydrogens (primary N) is 1. The highest BCUT2D eigenvalue weighted by Gasteiger charge is 2.30. The van der Waals surface area contributed by atoms with Crippen molar-refractivity contribution in [3.05, 3.63) is 65.7 Å². The molecule has 0 aliphatic carbocycles. The second-order valence-corrected chi connectivity index (χ2v) is 6.67. The zero-order valence-electron chi connectivity index (χ0n) is 14.9. The predicted molar refractivity (Wildman–Crippen MR) is 101 cm³/mol. The van der Waals surface area contributed by atoms with E-state index in [1.807, 2.05) is 13.8 Å². The summed E-state index contributed by atoms with van der Waals surface area (Å²) < 4.78 is 38.4. The lowest BCUT2D eigenvalue weighted by molar-refractivity contribution is -0.137. The summed E-state index contributed by atoms with van der Waals surface area (Å²) in [5, 5.41) is 4.28. The normalized spacial score (nSPS) is 11.8. The van der Waals surface area contributed by atoms with E-state index in [2.05, 4.69) is 5.32 Å². The van der Waals surface area contributed by atoms with Crippen LogP contribution in [-0.4, -0.2) is 11.9 Å². The molecule has 0 heterocycles. The van der Waals surface area contributed by atoms with Gasteiger partial charge in [0.05, 0.1) is 5.56 Å². The van der Waals surface area contributed by atoms with Gasteiger partial charge in [0.25, 0.3) is 5.91 Å². The number of nitrogen functional groups attached to an aromatic ring is 1. The third-order valence-electron chi connectivity index (χ3n) is 4.26. The van der Waals surface area contributed by atoms with Crippen molar-refractivity contribution < 1.29 is 18.0 Å². The third-order valence-corrected chi connectivity index (χ3v) is 4.26. The lowest BCUT2D eigenvalue weighted by Crippen LogP contribution is -2.30. The number of hydrogen-bond acceptors (Lipinski definition) is 2. The van der Waals surface area contributed by atoms with Gasteiger partial charge in [-0.3, -0.25) is 4.79 Å². The summed E-state index contributed by atoms with van der Waals surface area (Å²) in [5.41, 5.74) is 7.76. The fourth-order valence-corrected chi connectivity index (χ4v) is 2.95. The third kappa shape index (κ3) is 3.89. The van der Waals surface area contributed by atoms with Crippen LogP contribution < -0.4 is 11.1 Å². The largest absolute Gasteiger partial charge is 0.416 e. The van der Waals surface area contributed by atoms with E-state index < -0.39 is 11.7 Å². The molecule has 0 bridgehead atoms. The molecule has 0 saturated carbocycles. The van der Waals surface area contributed by atoms with E-state index in [1.165, 1.54) is 12.1 Å². The Kier molecular flexibility index (Phi) is 4.83. The molecular formula is C21H19F3N2O. The van der Waals surface area contributed by atoms with Crippen LogP contribution in [0.4, 0.5) is 18.9 Å². The Morgan fingerprint density at radius 2 is 1.63 bits per heavy atom. The van der Waals surface area contributed by atoms with Crippen molar-refractivity contribution in [1.29, 1.82) is 0 Å². The average Bonchev–Trinajstić information content (AvgIpc) is 2.61. The number of halogens is 3. The standard InChI is InChI=1S/C21H19F3N2O/c1-12(2)26-20(27)14-5-8-17-16(9-10-19(25)18(17)11-14)13-3-6-15(7-4-13)21(22,23)24/h3-12H,25H2,1-2H3,(H,26,27). The number of carbonyl (C=O) groups is 1. The SMILES string of the molecule is CC(C)NC(=O)c1ccc2c(-c3ccc(C(F)(F)F)cc3)ccc(N)c2c1. The highest BCUT2D eigenvalue weighted by atomic mass is 19.4. The van der Waals surface area contributed by atoms with E-state index in [4.69, 9.17) is 5.73 Å². The summed E-state index contributed by atoms with van der Waals surface area (Å²) in [6.07, 6.45) is -4.37. The van der Waals surface area contributed by atoms with Crippen molar-refractivity contribution in [2.45, 2.75) is 26.1 Å². The number of nitrogens with one attached hydrogen (secondary N) is 1. The van der Waals surface area contributed by atoms with Crippen LogP contribution in [0, 0.1) is 0 Å². The van der Waals surface area contributed by atoms with Gasteiger partial charge in [-0.15, -0.1) is 0 Å². The zero-order chi connectivity index (χ0) is 19.8. The maximum absolute atomic E-state index is 12.8. The summed E-state index contributed by atoms with van der Waals surface area (Å²) in [6, 6.07) is 13.6. The topological polar surface area (TPSA) is 55.1 Å². The summed E-state index contributed by atoms with van der Waals surface area (Å²) in [7, 11) is 0. The molecule has 0 fully saturated rings. The molecule has 3 rings (SSSR count). The molecule has 0 aromatic heterocycles. The van der Waals surface area contributed by atoms with Crippen LogP contribution in [0.5, 0.6) is 0 Å². The van der Waals surface area contributed by atoms with Gasteiger partial charge in [-0.2, -0.15) is 13.2 Å². The molecule has 0 aliphatic heterocycles. The van der Waals surface area contributed by atoms with Gasteiger partial charge >= 0.3 is 6.18 Å². The Morgan fingerprint density at radius 1 is 0.963 bits per heavy atom. The lowest BCUT2D eigenvalue weighted by Gasteiger charge is -2.13. The maximum atomic E-state index is 12.8. The van der Waals surface area contributed by atoms with Crippen molar-refractivity contribution in [2.24, 2.45) is 0 Å². The first-order chi connectivity index (χ1) is 12.7. The summed E-state index contributed by atoms with van der Waals surface area (Å²) >= 11 is 0. The first-order valence-electron chi connectivity index (χ1n) is 8.47. The van der Waals surface area contributed by atoms with Gasteiger partial charge in [-0.05, 0) is 60.7 Å². The Morgan fingerprint density at radius 3 is 2.22 bits per heavy atom. The number of carbonyl (C=O) groups excluding carboxylic acids is 1. The van der Waals surface area contributed by atoms with Crippen LogP contribution in [0.1, 0.15) is 29.8 Å². The molecule has 0 saturated heterocycles. The number of amides is 1. The highest BCUT2D eigenvalue weighted by molar-refractivity contribution is 6.07. The Labute approximate surface area is 155 Å². The van der Waals surface area contributed by atoms with Gasteiger partial charge in [0.15, 0.2) is 0 Å². The number of anilines is 1. The van der Waals surface area contributed by atoms with Gasteiger partial charge in [0.2, 0.25) is 0 Å². The first-order valence-corrected chi connectivity index (χ1v) is 8.47. The molecule has 6 heteroatoms. The van der Waals surface area contributed by atoms with Crippen molar-refractivity contribution in [2.75, 3.05) is 5.73 Å². The Hall–Kier alpha value is -3.02. The van der Waals surface area contributed by atoms with Crippen LogP contribution in [0.15, 0.2) is 54.6 Å². The van der Waals surface area contributed by atoms with Gasteiger partial charge in [0.1, 0.15) is 0 Å². The highest BCUT2D eigenvalue weighted by Crippen LogP contribution is 2.35. The van der Waals surface area contributed by atoms with Gasteiger partial charge in [0, 0.05) is 22.7 Å². The van der Waals surface area contributed by atoms with E-state index >= 15 is 0 Å².